The zero-order valence-corrected chi connectivity index (χ0v) is 8.68. The monoisotopic (exact) mass is 211 g/mol. The van der Waals surface area contributed by atoms with Crippen molar-refractivity contribution < 1.29 is 17.0 Å². The lowest BCUT2D eigenvalue weighted by molar-refractivity contribution is -0.656. The van der Waals surface area contributed by atoms with Crippen LogP contribution in [0.4, 0.5) is 0 Å². The molecule has 13 heavy (non-hydrogen) atoms. The second-order valence-electron chi connectivity index (χ2n) is 2.63. The summed E-state index contributed by atoms with van der Waals surface area (Å²) in [5, 5.41) is 0. The molecule has 0 amide bonds. The predicted octanol–water partition coefficient (Wildman–Crippen LogP) is -0.621. The van der Waals surface area contributed by atoms with Gasteiger partial charge in [-0.15, -0.1) is 0 Å². The van der Waals surface area contributed by atoms with Crippen molar-refractivity contribution in [3.05, 3.63) is 42.4 Å². The summed E-state index contributed by atoms with van der Waals surface area (Å²) in [4.78, 5) is 0. The SMILES string of the molecule is C=CC[n+]1csc2ccccc21.[Cl-]. The van der Waals surface area contributed by atoms with Gasteiger partial charge in [0.15, 0.2) is 6.54 Å². The van der Waals surface area contributed by atoms with Gasteiger partial charge in [0.25, 0.3) is 0 Å². The third kappa shape index (κ3) is 1.90. The molecule has 1 nitrogen and oxygen atoms in total. The summed E-state index contributed by atoms with van der Waals surface area (Å²) < 4.78 is 3.53. The van der Waals surface area contributed by atoms with Crippen LogP contribution < -0.4 is 17.0 Å². The molecule has 0 aliphatic carbocycles. The molecule has 1 aromatic heterocycles. The smallest absolute Gasteiger partial charge is 0.226 e. The van der Waals surface area contributed by atoms with E-state index in [4.69, 9.17) is 0 Å². The Bertz CT molecular complexity index is 408. The molecular formula is C10H10ClNS. The van der Waals surface area contributed by atoms with Crippen molar-refractivity contribution >= 4 is 21.6 Å². The van der Waals surface area contributed by atoms with E-state index < -0.39 is 0 Å². The van der Waals surface area contributed by atoms with Crippen LogP contribution in [0.15, 0.2) is 42.4 Å². The van der Waals surface area contributed by atoms with Crippen molar-refractivity contribution in [2.24, 2.45) is 0 Å². The summed E-state index contributed by atoms with van der Waals surface area (Å²) >= 11 is 1.77. The molecule has 2 aromatic rings. The number of allylic oxidation sites excluding steroid dienone is 1. The highest BCUT2D eigenvalue weighted by atomic mass is 35.5. The van der Waals surface area contributed by atoms with E-state index in [1.54, 1.807) is 11.3 Å². The number of hydrogen-bond donors (Lipinski definition) is 0. The maximum Gasteiger partial charge on any atom is 0.226 e. The van der Waals surface area contributed by atoms with Crippen LogP contribution >= 0.6 is 11.3 Å². The number of para-hydroxylation sites is 1. The number of rotatable bonds is 2. The number of thiazole rings is 1. The van der Waals surface area contributed by atoms with E-state index in [1.165, 1.54) is 10.2 Å². The molecule has 0 aliphatic rings. The Hall–Kier alpha value is -0.860. The molecule has 0 radical (unpaired) electrons. The van der Waals surface area contributed by atoms with E-state index in [2.05, 4.69) is 40.9 Å². The molecule has 0 fully saturated rings. The number of halogens is 1. The average molecular weight is 212 g/mol. The third-order valence-electron chi connectivity index (χ3n) is 1.81. The minimum Gasteiger partial charge on any atom is -1.00 e. The summed E-state index contributed by atoms with van der Waals surface area (Å²) in [6.45, 7) is 4.62. The lowest BCUT2D eigenvalue weighted by atomic mass is 10.3. The van der Waals surface area contributed by atoms with E-state index in [0.717, 1.165) is 6.54 Å². The highest BCUT2D eigenvalue weighted by Gasteiger charge is 2.07. The predicted molar refractivity (Wildman–Crippen MR) is 52.2 cm³/mol. The molecule has 0 aliphatic heterocycles. The largest absolute Gasteiger partial charge is 1.00 e. The Morgan fingerprint density at radius 1 is 1.38 bits per heavy atom. The topological polar surface area (TPSA) is 3.88 Å². The van der Waals surface area contributed by atoms with Crippen molar-refractivity contribution in [1.82, 2.24) is 0 Å². The Balaban J connectivity index is 0.000000845. The van der Waals surface area contributed by atoms with Crippen molar-refractivity contribution in [2.75, 3.05) is 0 Å². The van der Waals surface area contributed by atoms with E-state index in [9.17, 15) is 0 Å². The number of benzene rings is 1. The summed E-state index contributed by atoms with van der Waals surface area (Å²) in [6.07, 6.45) is 1.92. The molecule has 0 N–H and O–H groups in total. The van der Waals surface area contributed by atoms with Crippen LogP contribution in [0.5, 0.6) is 0 Å². The Labute approximate surface area is 87.7 Å². The van der Waals surface area contributed by atoms with Crippen LogP contribution in [0.3, 0.4) is 0 Å². The van der Waals surface area contributed by atoms with Crippen molar-refractivity contribution in [3.63, 3.8) is 0 Å². The molecule has 1 heterocycles. The molecule has 68 valence electrons. The summed E-state index contributed by atoms with van der Waals surface area (Å²) in [7, 11) is 0. The van der Waals surface area contributed by atoms with Gasteiger partial charge in [0.05, 0.1) is 0 Å². The first kappa shape index (κ1) is 10.2. The first-order valence-corrected chi connectivity index (χ1v) is 4.76. The van der Waals surface area contributed by atoms with Crippen molar-refractivity contribution in [1.29, 1.82) is 0 Å². The molecule has 0 saturated carbocycles. The number of nitrogens with zero attached hydrogens (tertiary/aromatic N) is 1. The third-order valence-corrected chi connectivity index (χ3v) is 2.77. The summed E-state index contributed by atoms with van der Waals surface area (Å²) in [6, 6.07) is 8.40. The van der Waals surface area contributed by atoms with E-state index in [1.807, 2.05) is 6.08 Å². The Morgan fingerprint density at radius 2 is 2.15 bits per heavy atom. The minimum absolute atomic E-state index is 0. The second-order valence-corrected chi connectivity index (χ2v) is 3.52. The fourth-order valence-electron chi connectivity index (χ4n) is 1.25. The first-order valence-electron chi connectivity index (χ1n) is 3.88. The van der Waals surface area contributed by atoms with Gasteiger partial charge in [0.1, 0.15) is 4.70 Å². The zero-order chi connectivity index (χ0) is 8.39. The van der Waals surface area contributed by atoms with Gasteiger partial charge in [-0.25, -0.2) is 0 Å². The van der Waals surface area contributed by atoms with Gasteiger partial charge in [-0.1, -0.05) is 30.0 Å². The van der Waals surface area contributed by atoms with Gasteiger partial charge in [-0.2, -0.15) is 4.57 Å². The van der Waals surface area contributed by atoms with Gasteiger partial charge in [0, 0.05) is 6.07 Å². The van der Waals surface area contributed by atoms with E-state index in [-0.39, 0.29) is 12.4 Å². The van der Waals surface area contributed by atoms with Crippen LogP contribution in [0.2, 0.25) is 0 Å². The fraction of sp³-hybridized carbons (Fsp3) is 0.100. The molecule has 0 unspecified atom stereocenters. The molecule has 3 heteroatoms. The van der Waals surface area contributed by atoms with E-state index >= 15 is 0 Å². The standard InChI is InChI=1S/C10H10NS.ClH/c1-2-7-11-8-12-10-6-4-3-5-9(10)11;/h2-6,8H,1,7H2;1H/q+1;/p-1. The maximum absolute atomic E-state index is 3.73. The number of hydrogen-bond acceptors (Lipinski definition) is 1. The van der Waals surface area contributed by atoms with Gasteiger partial charge in [-0.05, 0) is 12.1 Å². The number of aromatic nitrogens is 1. The average Bonchev–Trinajstić information content (AvgIpc) is 2.50. The molecular weight excluding hydrogens is 202 g/mol. The van der Waals surface area contributed by atoms with Crippen LogP contribution in [-0.4, -0.2) is 0 Å². The van der Waals surface area contributed by atoms with Crippen molar-refractivity contribution in [2.45, 2.75) is 6.54 Å². The van der Waals surface area contributed by atoms with Crippen LogP contribution in [0.25, 0.3) is 10.2 Å². The Kier molecular flexibility index (Phi) is 3.46. The minimum atomic E-state index is 0. The van der Waals surface area contributed by atoms with Crippen LogP contribution in [0.1, 0.15) is 0 Å². The van der Waals surface area contributed by atoms with Crippen LogP contribution in [0, 0.1) is 0 Å². The fourth-order valence-corrected chi connectivity index (χ4v) is 2.16. The summed E-state index contributed by atoms with van der Waals surface area (Å²) in [5.41, 5.74) is 3.43. The highest BCUT2D eigenvalue weighted by Crippen LogP contribution is 2.14. The number of fused-ring (bicyclic) bond motifs is 1. The molecule has 2 rings (SSSR count). The van der Waals surface area contributed by atoms with Gasteiger partial charge in [-0.3, -0.25) is 0 Å². The first-order chi connectivity index (χ1) is 5.92. The normalized spacial score (nSPS) is 9.54. The molecule has 0 bridgehead atoms. The molecule has 0 atom stereocenters. The van der Waals surface area contributed by atoms with Gasteiger partial charge >= 0.3 is 0 Å². The van der Waals surface area contributed by atoms with Gasteiger partial charge in [0.2, 0.25) is 11.0 Å². The van der Waals surface area contributed by atoms with E-state index in [0.29, 0.717) is 0 Å². The molecule has 1 aromatic carbocycles. The quantitative estimate of drug-likeness (QED) is 0.461. The molecule has 0 saturated heterocycles. The highest BCUT2D eigenvalue weighted by molar-refractivity contribution is 7.16. The zero-order valence-electron chi connectivity index (χ0n) is 7.11. The molecule has 0 spiro atoms. The van der Waals surface area contributed by atoms with Gasteiger partial charge < -0.3 is 12.4 Å². The summed E-state index contributed by atoms with van der Waals surface area (Å²) in [5.74, 6) is 0. The Morgan fingerprint density at radius 3 is 2.92 bits per heavy atom. The van der Waals surface area contributed by atoms with Crippen molar-refractivity contribution in [3.8, 4) is 0 Å². The lowest BCUT2D eigenvalue weighted by Crippen LogP contribution is -3.00. The maximum atomic E-state index is 3.73. The van der Waals surface area contributed by atoms with Crippen LogP contribution in [-0.2, 0) is 6.54 Å². The second kappa shape index (κ2) is 4.40. The lowest BCUT2D eigenvalue weighted by Gasteiger charge is -1.86.